The lowest BCUT2D eigenvalue weighted by Crippen LogP contribution is -2.20. The lowest BCUT2D eigenvalue weighted by atomic mass is 9.85. The highest BCUT2D eigenvalue weighted by Crippen LogP contribution is 2.36. The predicted molar refractivity (Wildman–Crippen MR) is 128 cm³/mol. The molecule has 2 aromatic heterocycles. The van der Waals surface area contributed by atoms with Gasteiger partial charge >= 0.3 is 0 Å². The van der Waals surface area contributed by atoms with Crippen LogP contribution in [0.5, 0.6) is 0 Å². The van der Waals surface area contributed by atoms with Gasteiger partial charge < -0.3 is 9.55 Å². The summed E-state index contributed by atoms with van der Waals surface area (Å²) in [4.78, 5) is 19.9. The van der Waals surface area contributed by atoms with Crippen molar-refractivity contribution in [2.45, 2.75) is 26.7 Å². The zero-order chi connectivity index (χ0) is 23.9. The summed E-state index contributed by atoms with van der Waals surface area (Å²) in [6.07, 6.45) is 1.73. The Kier molecular flexibility index (Phi) is 5.84. The van der Waals surface area contributed by atoms with Gasteiger partial charge in [0.2, 0.25) is 10.0 Å². The van der Waals surface area contributed by atoms with Crippen molar-refractivity contribution < 1.29 is 12.8 Å². The van der Waals surface area contributed by atoms with E-state index in [1.54, 1.807) is 52.2 Å². The van der Waals surface area contributed by atoms with Gasteiger partial charge in [-0.25, -0.2) is 17.8 Å². The molecule has 0 bridgehead atoms. The Morgan fingerprint density at radius 2 is 1.88 bits per heavy atom. The summed E-state index contributed by atoms with van der Waals surface area (Å²) in [5, 5.41) is 0. The molecule has 1 atom stereocenters. The van der Waals surface area contributed by atoms with E-state index in [9.17, 15) is 17.6 Å². The molecule has 0 fully saturated rings. The fourth-order valence-electron chi connectivity index (χ4n) is 4.08. The summed E-state index contributed by atoms with van der Waals surface area (Å²) in [7, 11) is -1.89. The van der Waals surface area contributed by atoms with Gasteiger partial charge in [-0.1, -0.05) is 12.1 Å². The lowest BCUT2D eigenvalue weighted by molar-refractivity contribution is 0.602. The van der Waals surface area contributed by atoms with Crippen molar-refractivity contribution in [2.75, 3.05) is 10.5 Å². The molecule has 7 nitrogen and oxygen atoms in total. The second-order valence-electron chi connectivity index (χ2n) is 8.15. The van der Waals surface area contributed by atoms with Crippen LogP contribution in [0.3, 0.4) is 0 Å². The minimum atomic E-state index is -3.56. The quantitative estimate of drug-likeness (QED) is 0.448. The van der Waals surface area contributed by atoms with Crippen LogP contribution in [0.4, 0.5) is 10.1 Å². The van der Waals surface area contributed by atoms with Gasteiger partial charge in [0, 0.05) is 24.7 Å². The molecule has 9 heteroatoms. The zero-order valence-corrected chi connectivity index (χ0v) is 19.6. The fraction of sp³-hybridized carbons (Fsp3) is 0.250. The van der Waals surface area contributed by atoms with Gasteiger partial charge in [-0.15, -0.1) is 0 Å². The first-order valence-corrected chi connectivity index (χ1v) is 12.2. The molecule has 1 unspecified atom stereocenters. The molecule has 4 aromatic rings. The molecule has 0 aliphatic carbocycles. The van der Waals surface area contributed by atoms with E-state index >= 15 is 0 Å². The van der Waals surface area contributed by atoms with Gasteiger partial charge in [0.05, 0.1) is 17.0 Å². The maximum absolute atomic E-state index is 14.2. The Bertz CT molecular complexity index is 1500. The molecule has 33 heavy (non-hydrogen) atoms. The Labute approximate surface area is 191 Å². The van der Waals surface area contributed by atoms with Crippen molar-refractivity contribution in [3.05, 3.63) is 92.9 Å². The van der Waals surface area contributed by atoms with E-state index in [0.29, 0.717) is 33.7 Å². The zero-order valence-electron chi connectivity index (χ0n) is 18.8. The minimum Gasteiger partial charge on any atom is -0.342 e. The van der Waals surface area contributed by atoms with Crippen LogP contribution in [0.2, 0.25) is 0 Å². The number of sulfonamides is 1. The number of imidazole rings is 1. The first-order valence-electron chi connectivity index (χ1n) is 10.5. The van der Waals surface area contributed by atoms with Gasteiger partial charge in [-0.3, -0.25) is 9.52 Å². The highest BCUT2D eigenvalue weighted by Gasteiger charge is 2.23. The molecule has 0 saturated carbocycles. The number of halogens is 1. The Hall–Kier alpha value is -3.46. The van der Waals surface area contributed by atoms with Gasteiger partial charge in [0.15, 0.2) is 0 Å². The van der Waals surface area contributed by atoms with Crippen LogP contribution < -0.4 is 10.3 Å². The molecule has 4 rings (SSSR count). The lowest BCUT2D eigenvalue weighted by Gasteiger charge is -2.21. The molecule has 0 amide bonds. The average Bonchev–Trinajstić information content (AvgIpc) is 3.12. The summed E-state index contributed by atoms with van der Waals surface area (Å²) in [6.45, 7) is 5.08. The van der Waals surface area contributed by atoms with Crippen LogP contribution >= 0.6 is 0 Å². The van der Waals surface area contributed by atoms with Crippen LogP contribution in [-0.2, 0) is 17.1 Å². The number of anilines is 1. The van der Waals surface area contributed by atoms with Crippen LogP contribution in [0.1, 0.15) is 40.9 Å². The number of nitrogens with one attached hydrogen (secondary N) is 2. The van der Waals surface area contributed by atoms with Gasteiger partial charge in [0.1, 0.15) is 17.2 Å². The number of aryl methyl sites for hydroxylation is 3. The van der Waals surface area contributed by atoms with Crippen molar-refractivity contribution in [1.82, 2.24) is 14.5 Å². The van der Waals surface area contributed by atoms with E-state index in [0.717, 1.165) is 11.1 Å². The maximum Gasteiger partial charge on any atom is 0.253 e. The maximum atomic E-state index is 14.2. The highest BCUT2D eigenvalue weighted by atomic mass is 32.2. The fourth-order valence-corrected chi connectivity index (χ4v) is 4.71. The van der Waals surface area contributed by atoms with Crippen molar-refractivity contribution in [2.24, 2.45) is 7.05 Å². The molecule has 2 heterocycles. The normalized spacial score (nSPS) is 12.8. The molecular weight excluding hydrogens is 443 g/mol. The highest BCUT2D eigenvalue weighted by molar-refractivity contribution is 7.92. The summed E-state index contributed by atoms with van der Waals surface area (Å²) >= 11 is 0. The molecule has 0 aliphatic rings. The summed E-state index contributed by atoms with van der Waals surface area (Å²) in [5.74, 6) is -0.289. The molecule has 2 N–H and O–H groups in total. The number of pyridine rings is 1. The molecule has 0 spiro atoms. The molecule has 0 saturated heterocycles. The van der Waals surface area contributed by atoms with Gasteiger partial charge in [-0.05, 0) is 67.8 Å². The number of hydrogen-bond acceptors (Lipinski definition) is 4. The molecule has 0 radical (unpaired) electrons. The summed E-state index contributed by atoms with van der Waals surface area (Å²) < 4.78 is 43.1. The smallest absolute Gasteiger partial charge is 0.253 e. The number of aromatic nitrogens is 3. The van der Waals surface area contributed by atoms with Crippen molar-refractivity contribution >= 4 is 26.7 Å². The largest absolute Gasteiger partial charge is 0.342 e. The number of hydrogen-bond donors (Lipinski definition) is 2. The molecule has 2 aromatic carbocycles. The minimum absolute atomic E-state index is 0.0879. The Balaban J connectivity index is 2.01. The van der Waals surface area contributed by atoms with E-state index in [-0.39, 0.29) is 17.1 Å². The predicted octanol–water partition coefficient (Wildman–Crippen LogP) is 3.96. The first kappa shape index (κ1) is 22.7. The SMILES string of the molecule is CCS(=O)(=O)Nc1cc(C(c2cccc(F)c2)c2cc(C)c(=O)n(C)c2)cc2[nH]c(C)nc12. The summed E-state index contributed by atoms with van der Waals surface area (Å²) in [5.41, 5.74) is 4.12. The summed E-state index contributed by atoms with van der Waals surface area (Å²) in [6, 6.07) is 11.7. The van der Waals surface area contributed by atoms with Crippen LogP contribution in [0, 0.1) is 19.7 Å². The Morgan fingerprint density at radius 1 is 1.12 bits per heavy atom. The van der Waals surface area contributed by atoms with E-state index in [1.165, 1.54) is 16.7 Å². The van der Waals surface area contributed by atoms with Crippen LogP contribution in [0.25, 0.3) is 11.0 Å². The van der Waals surface area contributed by atoms with Crippen molar-refractivity contribution in [1.29, 1.82) is 0 Å². The van der Waals surface area contributed by atoms with E-state index in [2.05, 4.69) is 14.7 Å². The third-order valence-electron chi connectivity index (χ3n) is 5.61. The first-order chi connectivity index (χ1) is 15.6. The van der Waals surface area contributed by atoms with E-state index in [1.807, 2.05) is 12.1 Å². The number of benzene rings is 2. The second kappa shape index (κ2) is 8.47. The van der Waals surface area contributed by atoms with Crippen molar-refractivity contribution in [3.8, 4) is 0 Å². The van der Waals surface area contributed by atoms with Crippen LogP contribution in [-0.4, -0.2) is 28.7 Å². The van der Waals surface area contributed by atoms with E-state index in [4.69, 9.17) is 0 Å². The standard InChI is InChI=1S/C24H25FN4O3S/c1-5-33(31,32)28-21-12-17(11-20-23(21)27-15(3)26-20)22(16-7-6-8-19(25)10-16)18-9-14(2)24(30)29(4)13-18/h6-13,22,28H,5H2,1-4H3,(H,26,27). The average molecular weight is 469 g/mol. The number of rotatable bonds is 6. The molecule has 0 aliphatic heterocycles. The topological polar surface area (TPSA) is 96.9 Å². The van der Waals surface area contributed by atoms with Gasteiger partial charge in [-0.2, -0.15) is 0 Å². The van der Waals surface area contributed by atoms with Crippen molar-refractivity contribution in [3.63, 3.8) is 0 Å². The monoisotopic (exact) mass is 468 g/mol. The third kappa shape index (κ3) is 4.54. The van der Waals surface area contributed by atoms with Gasteiger partial charge in [0.25, 0.3) is 5.56 Å². The Morgan fingerprint density at radius 3 is 2.55 bits per heavy atom. The number of nitrogens with zero attached hydrogens (tertiary/aromatic N) is 2. The number of fused-ring (bicyclic) bond motifs is 1. The van der Waals surface area contributed by atoms with Crippen LogP contribution in [0.15, 0.2) is 53.5 Å². The third-order valence-corrected chi connectivity index (χ3v) is 6.90. The molecular formula is C24H25FN4O3S. The second-order valence-corrected chi connectivity index (χ2v) is 10.2. The molecule has 172 valence electrons. The van der Waals surface area contributed by atoms with E-state index < -0.39 is 15.9 Å². The number of H-pyrrole nitrogens is 1. The number of aromatic amines is 1.